The molecule has 3 aliphatic rings. The maximum atomic E-state index is 6.10. The molecule has 0 spiro atoms. The summed E-state index contributed by atoms with van der Waals surface area (Å²) in [5, 5.41) is 0. The van der Waals surface area contributed by atoms with Gasteiger partial charge in [0.2, 0.25) is 0 Å². The molecule has 0 radical (unpaired) electrons. The molecule has 5 rings (SSSR count). The van der Waals surface area contributed by atoms with Gasteiger partial charge in [0.1, 0.15) is 6.00 Å². The second-order valence-corrected chi connectivity index (χ2v) is 10.8. The third-order valence-corrected chi connectivity index (χ3v) is 8.14. The molecule has 3 unspecified atom stereocenters. The fourth-order valence-corrected chi connectivity index (χ4v) is 5.95. The van der Waals surface area contributed by atoms with E-state index in [1.54, 1.807) is 0 Å². The van der Waals surface area contributed by atoms with Gasteiger partial charge >= 0.3 is 12.3 Å². The maximum Gasteiger partial charge on any atom is 0.461 e. The molecule has 7 heteroatoms. The summed E-state index contributed by atoms with van der Waals surface area (Å²) in [4.78, 5) is 0. The van der Waals surface area contributed by atoms with Crippen molar-refractivity contribution in [2.24, 2.45) is 0 Å². The number of halogens is 1. The quantitative estimate of drug-likeness (QED) is 0.0901. The van der Waals surface area contributed by atoms with Gasteiger partial charge in [-0.2, -0.15) is 0 Å². The Balaban J connectivity index is 1.65. The lowest BCUT2D eigenvalue weighted by Gasteiger charge is -2.35. The van der Waals surface area contributed by atoms with Crippen LogP contribution in [0.2, 0.25) is 0 Å². The van der Waals surface area contributed by atoms with Gasteiger partial charge in [-0.15, -0.1) is 0 Å². The van der Waals surface area contributed by atoms with Crippen molar-refractivity contribution in [1.82, 2.24) is 0 Å². The monoisotopic (exact) mass is 616 g/mol. The SMILES string of the molecule is C=CC1=C(/C=C\C)C(/C(C=C)=C/C=C(\C)OB(I)C2CO2)(c2ccc(OBC3CO3)cc2)c2ccccc21. The number of epoxide rings is 2. The molecule has 0 amide bonds. The van der Waals surface area contributed by atoms with E-state index in [2.05, 4.69) is 90.2 Å². The molecule has 2 aliphatic heterocycles. The van der Waals surface area contributed by atoms with Crippen LogP contribution in [0.25, 0.3) is 5.57 Å². The highest BCUT2D eigenvalue weighted by atomic mass is 127. The summed E-state index contributed by atoms with van der Waals surface area (Å²) in [7, 11) is 0.573. The fourth-order valence-electron chi connectivity index (χ4n) is 5.13. The third kappa shape index (κ3) is 5.24. The second kappa shape index (κ2) is 11.6. The molecule has 0 N–H and O–H groups in total. The van der Waals surface area contributed by atoms with E-state index in [0.717, 1.165) is 47.0 Å². The van der Waals surface area contributed by atoms with Crippen LogP contribution in [0, 0.1) is 0 Å². The Morgan fingerprint density at radius 1 is 1.11 bits per heavy atom. The predicted octanol–water partition coefficient (Wildman–Crippen LogP) is 6.48. The highest BCUT2D eigenvalue weighted by molar-refractivity contribution is 14.1. The van der Waals surface area contributed by atoms with E-state index in [4.69, 9.17) is 18.8 Å². The molecular weight excluding hydrogens is 585 g/mol. The standard InChI is InChI=1S/C31H31B2IO4/c1-5-10-27-25(7-3)26-11-8-9-12-28(26)31(27,23-15-17-24(18-16-23)37-32-29-19-35-29)22(6-2)14-13-21(4)38-33(34)30-20-36-30/h5-18,29-30,32H,2-3,19-20H2,1,4H3/b10-5-,21-13+,22-14+. The first-order valence-corrected chi connectivity index (χ1v) is 14.2. The molecule has 192 valence electrons. The lowest BCUT2D eigenvalue weighted by Crippen LogP contribution is -2.30. The van der Waals surface area contributed by atoms with Crippen LogP contribution < -0.4 is 4.65 Å². The summed E-state index contributed by atoms with van der Waals surface area (Å²) in [6, 6.07) is 17.3. The molecular formula is C31H31B2IO4. The Morgan fingerprint density at radius 3 is 2.47 bits per heavy atom. The molecule has 38 heavy (non-hydrogen) atoms. The number of hydrogen-bond acceptors (Lipinski definition) is 4. The number of hydrogen-bond donors (Lipinski definition) is 0. The lowest BCUT2D eigenvalue weighted by atomic mass is 9.66. The van der Waals surface area contributed by atoms with Gasteiger partial charge in [-0.05, 0) is 65.5 Å². The van der Waals surface area contributed by atoms with Gasteiger partial charge in [-0.25, -0.2) is 0 Å². The molecule has 1 aliphatic carbocycles. The van der Waals surface area contributed by atoms with Crippen molar-refractivity contribution in [3.8, 4) is 5.75 Å². The van der Waals surface area contributed by atoms with Crippen LogP contribution in [0.15, 0.2) is 115 Å². The minimum Gasteiger partial charge on any atom is -0.561 e. The Labute approximate surface area is 240 Å². The molecule has 0 saturated carbocycles. The van der Waals surface area contributed by atoms with Crippen molar-refractivity contribution in [3.05, 3.63) is 132 Å². The smallest absolute Gasteiger partial charge is 0.461 e. The summed E-state index contributed by atoms with van der Waals surface area (Å²) >= 11 is 2.29. The van der Waals surface area contributed by atoms with Crippen molar-refractivity contribution < 1.29 is 18.8 Å². The fraction of sp³-hybridized carbons (Fsp3) is 0.226. The van der Waals surface area contributed by atoms with Gasteiger partial charge in [-0.1, -0.05) is 102 Å². The molecule has 2 saturated heterocycles. The van der Waals surface area contributed by atoms with E-state index in [1.165, 1.54) is 11.1 Å². The summed E-state index contributed by atoms with van der Waals surface area (Å²) in [5.41, 5.74) is 6.23. The van der Waals surface area contributed by atoms with E-state index in [1.807, 2.05) is 44.2 Å². The van der Waals surface area contributed by atoms with Crippen LogP contribution >= 0.6 is 22.4 Å². The lowest BCUT2D eigenvalue weighted by molar-refractivity contribution is 0.403. The van der Waals surface area contributed by atoms with Crippen LogP contribution in [-0.2, 0) is 19.5 Å². The van der Waals surface area contributed by atoms with Crippen LogP contribution in [0.1, 0.15) is 30.5 Å². The summed E-state index contributed by atoms with van der Waals surface area (Å²) in [6.07, 6.45) is 12.4. The molecule has 2 fully saturated rings. The Kier molecular flexibility index (Phi) is 8.17. The van der Waals surface area contributed by atoms with E-state index in [0.29, 0.717) is 7.48 Å². The average molecular weight is 616 g/mol. The molecule has 3 atom stereocenters. The van der Waals surface area contributed by atoms with E-state index >= 15 is 0 Å². The van der Waals surface area contributed by atoms with Crippen molar-refractivity contribution in [3.63, 3.8) is 0 Å². The molecule has 0 aromatic heterocycles. The van der Waals surface area contributed by atoms with Crippen LogP contribution in [-0.4, -0.2) is 37.5 Å². The highest BCUT2D eigenvalue weighted by Gasteiger charge is 2.46. The van der Waals surface area contributed by atoms with Gasteiger partial charge in [-0.3, -0.25) is 0 Å². The average Bonchev–Trinajstić information content (AvgIpc) is 3.86. The zero-order chi connectivity index (χ0) is 26.7. The van der Waals surface area contributed by atoms with Gasteiger partial charge in [0, 0.05) is 0 Å². The van der Waals surface area contributed by atoms with Crippen LogP contribution in [0.4, 0.5) is 0 Å². The largest absolute Gasteiger partial charge is 0.561 e. The maximum absolute atomic E-state index is 6.10. The van der Waals surface area contributed by atoms with Crippen molar-refractivity contribution in [1.29, 1.82) is 0 Å². The summed E-state index contributed by atoms with van der Waals surface area (Å²) in [5.74, 6) is 1.65. The molecule has 2 heterocycles. The van der Waals surface area contributed by atoms with Crippen LogP contribution in [0.5, 0.6) is 5.75 Å². The topological polar surface area (TPSA) is 43.5 Å². The van der Waals surface area contributed by atoms with Gasteiger partial charge in [0.25, 0.3) is 0 Å². The zero-order valence-electron chi connectivity index (χ0n) is 21.9. The Hall–Kier alpha value is -2.74. The number of fused-ring (bicyclic) bond motifs is 1. The normalized spacial score (nSPS) is 24.2. The van der Waals surface area contributed by atoms with E-state index < -0.39 is 5.41 Å². The summed E-state index contributed by atoms with van der Waals surface area (Å²) < 4.78 is 22.7. The van der Waals surface area contributed by atoms with E-state index in [9.17, 15) is 0 Å². The minimum atomic E-state index is -0.591. The molecule has 4 nitrogen and oxygen atoms in total. The minimum absolute atomic E-state index is 0.00923. The Bertz CT molecular complexity index is 1340. The van der Waals surface area contributed by atoms with Gasteiger partial charge in [0.15, 0.2) is 0 Å². The van der Waals surface area contributed by atoms with Gasteiger partial charge in [0.05, 0.1) is 36.1 Å². The second-order valence-electron chi connectivity index (χ2n) is 9.56. The Morgan fingerprint density at radius 2 is 1.84 bits per heavy atom. The van der Waals surface area contributed by atoms with Gasteiger partial charge < -0.3 is 18.8 Å². The molecule has 0 bridgehead atoms. The molecule has 2 aromatic carbocycles. The number of benzene rings is 2. The number of rotatable bonds is 12. The first-order chi connectivity index (χ1) is 18.5. The summed E-state index contributed by atoms with van der Waals surface area (Å²) in [6.45, 7) is 14.0. The first kappa shape index (κ1) is 26.9. The number of ether oxygens (including phenoxy) is 2. The zero-order valence-corrected chi connectivity index (χ0v) is 24.0. The van der Waals surface area contributed by atoms with E-state index in [-0.39, 0.29) is 16.8 Å². The van der Waals surface area contributed by atoms with Crippen LogP contribution in [0.3, 0.4) is 0 Å². The van der Waals surface area contributed by atoms with Crippen molar-refractivity contribution in [2.45, 2.75) is 31.3 Å². The first-order valence-electron chi connectivity index (χ1n) is 12.9. The molecule has 2 aromatic rings. The highest BCUT2D eigenvalue weighted by Crippen LogP contribution is 2.56. The predicted molar refractivity (Wildman–Crippen MR) is 166 cm³/mol. The van der Waals surface area contributed by atoms with Crippen molar-refractivity contribution >= 4 is 40.2 Å². The number of allylic oxidation sites excluding steroid dienone is 10. The third-order valence-electron chi connectivity index (χ3n) is 7.08. The van der Waals surface area contributed by atoms with Crippen molar-refractivity contribution in [2.75, 3.05) is 13.2 Å².